The maximum absolute atomic E-state index is 12.1. The molecule has 1 aliphatic rings. The van der Waals surface area contributed by atoms with E-state index in [0.717, 1.165) is 6.42 Å². The third-order valence-corrected chi connectivity index (χ3v) is 2.70. The molecule has 0 saturated carbocycles. The maximum Gasteiger partial charge on any atom is 0.169 e. The molecule has 3 heteroatoms. The minimum absolute atomic E-state index is 0.00926. The molecule has 0 aromatic rings. The molecule has 0 radical (unpaired) electrons. The Morgan fingerprint density at radius 1 is 1.69 bits per heavy atom. The van der Waals surface area contributed by atoms with E-state index in [2.05, 4.69) is 11.6 Å². The van der Waals surface area contributed by atoms with Gasteiger partial charge in [-0.1, -0.05) is 26.5 Å². The van der Waals surface area contributed by atoms with E-state index in [4.69, 9.17) is 0 Å². The van der Waals surface area contributed by atoms with Gasteiger partial charge < -0.3 is 4.90 Å². The number of aliphatic imine (C=N–C) groups is 1. The van der Waals surface area contributed by atoms with Crippen LogP contribution in [0.3, 0.4) is 0 Å². The molecule has 0 spiro atoms. The third-order valence-electron chi connectivity index (χ3n) is 2.70. The van der Waals surface area contributed by atoms with Crippen molar-refractivity contribution < 1.29 is 4.79 Å². The highest BCUT2D eigenvalue weighted by molar-refractivity contribution is 6.00. The van der Waals surface area contributed by atoms with Crippen LogP contribution >= 0.6 is 0 Å². The minimum atomic E-state index is 0.00926. The summed E-state index contributed by atoms with van der Waals surface area (Å²) in [6.45, 7) is 7.63. The van der Waals surface area contributed by atoms with Crippen molar-refractivity contribution in [2.75, 3.05) is 7.05 Å². The molecule has 0 aliphatic carbocycles. The fourth-order valence-electron chi connectivity index (χ4n) is 1.46. The second-order valence-electron chi connectivity index (χ2n) is 3.85. The van der Waals surface area contributed by atoms with E-state index in [1.54, 1.807) is 12.3 Å². The first-order chi connectivity index (χ1) is 7.61. The van der Waals surface area contributed by atoms with Crippen molar-refractivity contribution in [3.05, 3.63) is 36.3 Å². The van der Waals surface area contributed by atoms with E-state index in [0.29, 0.717) is 11.4 Å². The highest BCUT2D eigenvalue weighted by atomic mass is 16.1. The van der Waals surface area contributed by atoms with Crippen molar-refractivity contribution in [2.45, 2.75) is 20.3 Å². The van der Waals surface area contributed by atoms with Crippen LogP contribution in [0.2, 0.25) is 0 Å². The molecule has 1 atom stereocenters. The van der Waals surface area contributed by atoms with E-state index in [1.165, 1.54) is 0 Å². The van der Waals surface area contributed by atoms with Gasteiger partial charge in [-0.3, -0.25) is 4.79 Å². The Morgan fingerprint density at radius 3 is 2.88 bits per heavy atom. The van der Waals surface area contributed by atoms with Crippen LogP contribution in [-0.4, -0.2) is 23.9 Å². The molecule has 0 aromatic heterocycles. The van der Waals surface area contributed by atoms with Gasteiger partial charge in [0.15, 0.2) is 5.78 Å². The molecule has 16 heavy (non-hydrogen) atoms. The van der Waals surface area contributed by atoms with Gasteiger partial charge in [-0.15, -0.1) is 0 Å². The summed E-state index contributed by atoms with van der Waals surface area (Å²) in [7, 11) is 1.87. The number of hydrogen-bond donors (Lipinski definition) is 0. The highest BCUT2D eigenvalue weighted by Crippen LogP contribution is 2.19. The molecule has 0 N–H and O–H groups in total. The minimum Gasteiger partial charge on any atom is -0.335 e. The molecule has 1 unspecified atom stereocenters. The van der Waals surface area contributed by atoms with Crippen LogP contribution in [0.5, 0.6) is 0 Å². The largest absolute Gasteiger partial charge is 0.335 e. The van der Waals surface area contributed by atoms with Crippen molar-refractivity contribution in [3.8, 4) is 0 Å². The fraction of sp³-hybridized carbons (Fsp3) is 0.385. The Kier molecular flexibility index (Phi) is 4.23. The number of rotatable bonds is 4. The van der Waals surface area contributed by atoms with Crippen LogP contribution in [0.4, 0.5) is 0 Å². The van der Waals surface area contributed by atoms with Gasteiger partial charge in [-0.2, -0.15) is 0 Å². The fourth-order valence-corrected chi connectivity index (χ4v) is 1.46. The van der Waals surface area contributed by atoms with Crippen molar-refractivity contribution in [1.82, 2.24) is 4.90 Å². The number of Topliss-reactive ketones (excluding diaryl/α,β-unsaturated/α-hetero) is 1. The van der Waals surface area contributed by atoms with Gasteiger partial charge in [0.1, 0.15) is 5.82 Å². The Balaban J connectivity index is 3.10. The quantitative estimate of drug-likeness (QED) is 0.679. The van der Waals surface area contributed by atoms with Crippen molar-refractivity contribution in [1.29, 1.82) is 0 Å². The van der Waals surface area contributed by atoms with Crippen LogP contribution in [0.25, 0.3) is 0 Å². The monoisotopic (exact) mass is 218 g/mol. The average molecular weight is 218 g/mol. The SMILES string of the molecule is C=C/C(C(=O)C(C)CC)=C1/N=CC=CN1C. The first kappa shape index (κ1) is 12.4. The van der Waals surface area contributed by atoms with Crippen molar-refractivity contribution in [2.24, 2.45) is 10.9 Å². The topological polar surface area (TPSA) is 32.7 Å². The van der Waals surface area contributed by atoms with Crippen LogP contribution in [0.1, 0.15) is 20.3 Å². The highest BCUT2D eigenvalue weighted by Gasteiger charge is 2.19. The lowest BCUT2D eigenvalue weighted by molar-refractivity contribution is -0.118. The summed E-state index contributed by atoms with van der Waals surface area (Å²) in [5.41, 5.74) is 0.595. The van der Waals surface area contributed by atoms with Gasteiger partial charge in [0.2, 0.25) is 0 Å². The zero-order chi connectivity index (χ0) is 12.1. The van der Waals surface area contributed by atoms with Crippen LogP contribution in [0, 0.1) is 5.92 Å². The molecule has 1 rings (SSSR count). The number of allylic oxidation sites excluding steroid dienone is 3. The van der Waals surface area contributed by atoms with Gasteiger partial charge >= 0.3 is 0 Å². The third kappa shape index (κ3) is 2.48. The van der Waals surface area contributed by atoms with Crippen LogP contribution in [-0.2, 0) is 4.79 Å². The summed E-state index contributed by atoms with van der Waals surface area (Å²) >= 11 is 0. The number of hydrogen-bond acceptors (Lipinski definition) is 3. The average Bonchev–Trinajstić information content (AvgIpc) is 2.31. The summed E-state index contributed by atoms with van der Waals surface area (Å²) in [5, 5.41) is 0. The number of ketones is 1. The second kappa shape index (κ2) is 5.45. The predicted molar refractivity (Wildman–Crippen MR) is 67.1 cm³/mol. The predicted octanol–water partition coefficient (Wildman–Crippen LogP) is 2.53. The van der Waals surface area contributed by atoms with Gasteiger partial charge in [-0.25, -0.2) is 4.99 Å². The lowest BCUT2D eigenvalue weighted by atomic mass is 9.96. The van der Waals surface area contributed by atoms with E-state index in [-0.39, 0.29) is 11.7 Å². The smallest absolute Gasteiger partial charge is 0.169 e. The molecule has 1 heterocycles. The summed E-state index contributed by atoms with van der Waals surface area (Å²) in [6, 6.07) is 0. The summed E-state index contributed by atoms with van der Waals surface area (Å²) < 4.78 is 0. The van der Waals surface area contributed by atoms with E-state index in [1.807, 2.05) is 38.1 Å². The normalized spacial score (nSPS) is 19.6. The van der Waals surface area contributed by atoms with Gasteiger partial charge in [0.25, 0.3) is 0 Å². The molecular formula is C13H18N2O. The van der Waals surface area contributed by atoms with Gasteiger partial charge in [0, 0.05) is 25.4 Å². The molecule has 0 fully saturated rings. The zero-order valence-electron chi connectivity index (χ0n) is 10.1. The van der Waals surface area contributed by atoms with E-state index >= 15 is 0 Å². The Bertz CT molecular complexity index is 377. The molecule has 86 valence electrons. The van der Waals surface area contributed by atoms with Crippen molar-refractivity contribution in [3.63, 3.8) is 0 Å². The maximum atomic E-state index is 12.1. The molecular weight excluding hydrogens is 200 g/mol. The van der Waals surface area contributed by atoms with Crippen molar-refractivity contribution >= 4 is 12.0 Å². The van der Waals surface area contributed by atoms with Gasteiger partial charge in [-0.05, 0) is 12.5 Å². The summed E-state index contributed by atoms with van der Waals surface area (Å²) in [6.07, 6.45) is 7.81. The number of carbonyl (C=O) groups excluding carboxylic acids is 1. The molecule has 0 aromatic carbocycles. The zero-order valence-corrected chi connectivity index (χ0v) is 10.1. The Labute approximate surface area is 96.9 Å². The lowest BCUT2D eigenvalue weighted by Gasteiger charge is -2.20. The Morgan fingerprint density at radius 2 is 2.38 bits per heavy atom. The second-order valence-corrected chi connectivity index (χ2v) is 3.85. The van der Waals surface area contributed by atoms with E-state index in [9.17, 15) is 4.79 Å². The number of nitrogens with zero attached hydrogens (tertiary/aromatic N) is 2. The first-order valence-corrected chi connectivity index (χ1v) is 5.46. The van der Waals surface area contributed by atoms with Gasteiger partial charge in [0.05, 0.1) is 5.57 Å². The molecule has 0 saturated heterocycles. The van der Waals surface area contributed by atoms with Crippen LogP contribution in [0.15, 0.2) is 41.3 Å². The Hall–Kier alpha value is -1.64. The van der Waals surface area contributed by atoms with E-state index < -0.39 is 0 Å². The first-order valence-electron chi connectivity index (χ1n) is 5.46. The molecule has 3 nitrogen and oxygen atoms in total. The lowest BCUT2D eigenvalue weighted by Crippen LogP contribution is -2.20. The molecule has 1 aliphatic heterocycles. The van der Waals surface area contributed by atoms with Crippen LogP contribution < -0.4 is 0 Å². The summed E-state index contributed by atoms with van der Waals surface area (Å²) in [5.74, 6) is 0.782. The number of carbonyl (C=O) groups is 1. The standard InChI is InChI=1S/C13H18N2O/c1-5-10(3)12(16)11(6-2)13-14-8-7-9-15(13)4/h6-10H,2,5H2,1,3-4H3/b13-11+. The molecule has 0 amide bonds. The molecule has 0 bridgehead atoms. The summed E-state index contributed by atoms with van der Waals surface area (Å²) in [4.78, 5) is 18.1.